The lowest BCUT2D eigenvalue weighted by molar-refractivity contribution is -0.128. The molecule has 222 valence electrons. The lowest BCUT2D eigenvalue weighted by atomic mass is 9.90. The van der Waals surface area contributed by atoms with Crippen LogP contribution < -0.4 is 16.1 Å². The predicted molar refractivity (Wildman–Crippen MR) is 160 cm³/mol. The lowest BCUT2D eigenvalue weighted by Crippen LogP contribution is -2.37. The van der Waals surface area contributed by atoms with Gasteiger partial charge in [0.1, 0.15) is 23.7 Å². The molecule has 1 aliphatic heterocycles. The molecule has 1 atom stereocenters. The Kier molecular flexibility index (Phi) is 9.17. The van der Waals surface area contributed by atoms with E-state index in [1.165, 1.54) is 42.5 Å². The van der Waals surface area contributed by atoms with Crippen LogP contribution in [0.3, 0.4) is 0 Å². The van der Waals surface area contributed by atoms with E-state index in [2.05, 4.69) is 22.8 Å². The second-order valence-electron chi connectivity index (χ2n) is 10.4. The molecule has 2 aliphatic carbocycles. The number of phenolic OH excluding ortho intramolecular Hbond substituents is 1. The first-order valence-electron chi connectivity index (χ1n) is 14.2. The summed E-state index contributed by atoms with van der Waals surface area (Å²) in [6.45, 7) is 0.280. The number of aromatic hydroxyl groups is 1. The molecule has 1 heterocycles. The summed E-state index contributed by atoms with van der Waals surface area (Å²) in [5, 5.41) is 26.0. The molecule has 0 spiro atoms. The van der Waals surface area contributed by atoms with Crippen molar-refractivity contribution in [2.75, 3.05) is 19.7 Å². The maximum Gasteiger partial charge on any atom is 0.336 e. The van der Waals surface area contributed by atoms with Crippen molar-refractivity contribution in [1.29, 1.82) is 0 Å². The number of carbonyl (C=O) groups is 3. The summed E-state index contributed by atoms with van der Waals surface area (Å²) in [5.74, 6) is -1.84. The van der Waals surface area contributed by atoms with Crippen molar-refractivity contribution in [3.05, 3.63) is 88.1 Å². The molecule has 43 heavy (non-hydrogen) atoms. The molecule has 0 radical (unpaired) electrons. The average Bonchev–Trinajstić information content (AvgIpc) is 2.97. The van der Waals surface area contributed by atoms with Crippen molar-refractivity contribution >= 4 is 28.8 Å². The maximum absolute atomic E-state index is 12.9. The third-order valence-electron chi connectivity index (χ3n) is 7.36. The van der Waals surface area contributed by atoms with Gasteiger partial charge in [-0.1, -0.05) is 18.2 Å². The van der Waals surface area contributed by atoms with Gasteiger partial charge in [0.2, 0.25) is 5.91 Å². The van der Waals surface area contributed by atoms with E-state index in [9.17, 15) is 29.4 Å². The molecule has 2 aromatic rings. The molecule has 10 heteroatoms. The van der Waals surface area contributed by atoms with Crippen LogP contribution in [0.25, 0.3) is 33.4 Å². The number of fused-ring (bicyclic) bond motifs is 2. The zero-order chi connectivity index (χ0) is 30.3. The topological polar surface area (TPSA) is 155 Å². The predicted octanol–water partition coefficient (Wildman–Crippen LogP) is 4.72. The Labute approximate surface area is 247 Å². The van der Waals surface area contributed by atoms with Crippen molar-refractivity contribution in [1.82, 2.24) is 10.6 Å². The van der Waals surface area contributed by atoms with Crippen LogP contribution in [0.5, 0.6) is 5.75 Å². The SMILES string of the molecule is O=C(COC1CC/C=C/CCC1)NCCNC(=O)c1ccc(-c2c3ccc(=O)cc-3oc3cc(O)ccc23)c(C(=O)O)c1. The summed E-state index contributed by atoms with van der Waals surface area (Å²) in [6.07, 6.45) is 9.16. The number of carbonyl (C=O) groups excluding carboxylic acids is 2. The number of aromatic carboxylic acids is 1. The summed E-state index contributed by atoms with van der Waals surface area (Å²) >= 11 is 0. The molecule has 3 aliphatic rings. The molecule has 0 saturated carbocycles. The minimum absolute atomic E-state index is 0.0440. The van der Waals surface area contributed by atoms with Gasteiger partial charge in [-0.05, 0) is 74.1 Å². The zero-order valence-electron chi connectivity index (χ0n) is 23.4. The number of ether oxygens (including phenoxy) is 1. The Balaban J connectivity index is 1.28. The fourth-order valence-electron chi connectivity index (χ4n) is 5.25. The Morgan fingerprint density at radius 2 is 1.70 bits per heavy atom. The fourth-order valence-corrected chi connectivity index (χ4v) is 5.25. The van der Waals surface area contributed by atoms with Crippen molar-refractivity contribution in [3.8, 4) is 28.2 Å². The third kappa shape index (κ3) is 7.10. The molecule has 0 fully saturated rings. The van der Waals surface area contributed by atoms with E-state index < -0.39 is 11.9 Å². The minimum atomic E-state index is -1.25. The highest BCUT2D eigenvalue weighted by Gasteiger charge is 2.23. The summed E-state index contributed by atoms with van der Waals surface area (Å²) in [4.78, 5) is 49.5. The van der Waals surface area contributed by atoms with E-state index in [0.29, 0.717) is 22.1 Å². The number of hydrogen-bond donors (Lipinski definition) is 4. The number of carboxylic acid groups (broad SMARTS) is 1. The second kappa shape index (κ2) is 13.3. The first-order valence-corrected chi connectivity index (χ1v) is 14.2. The quantitative estimate of drug-likeness (QED) is 0.125. The highest BCUT2D eigenvalue weighted by molar-refractivity contribution is 6.09. The molecule has 0 saturated heterocycles. The second-order valence-corrected chi connectivity index (χ2v) is 10.4. The van der Waals surface area contributed by atoms with Crippen LogP contribution in [0.15, 0.2) is 76.0 Å². The van der Waals surface area contributed by atoms with Crippen molar-refractivity contribution < 1.29 is 33.8 Å². The smallest absolute Gasteiger partial charge is 0.336 e. The van der Waals surface area contributed by atoms with E-state index in [1.807, 2.05) is 0 Å². The van der Waals surface area contributed by atoms with Gasteiger partial charge in [-0.25, -0.2) is 4.79 Å². The number of hydrogen-bond acceptors (Lipinski definition) is 7. The molecule has 4 N–H and O–H groups in total. The fraction of sp³-hybridized carbons (Fsp3) is 0.273. The first-order chi connectivity index (χ1) is 20.8. The van der Waals surface area contributed by atoms with Gasteiger partial charge in [0.15, 0.2) is 5.43 Å². The van der Waals surface area contributed by atoms with Gasteiger partial charge >= 0.3 is 5.97 Å². The van der Waals surface area contributed by atoms with Crippen LogP contribution in [-0.4, -0.2) is 53.8 Å². The van der Waals surface area contributed by atoms with Crippen LogP contribution in [-0.2, 0) is 9.53 Å². The molecule has 10 nitrogen and oxygen atoms in total. The number of rotatable bonds is 9. The molecular weight excluding hydrogens is 552 g/mol. The van der Waals surface area contributed by atoms with Gasteiger partial charge in [0.05, 0.1) is 11.7 Å². The third-order valence-corrected chi connectivity index (χ3v) is 7.36. The largest absolute Gasteiger partial charge is 0.508 e. The summed E-state index contributed by atoms with van der Waals surface area (Å²) in [6, 6.07) is 13.0. The average molecular weight is 585 g/mol. The molecule has 2 amide bonds. The van der Waals surface area contributed by atoms with Crippen LogP contribution >= 0.6 is 0 Å². The summed E-state index contributed by atoms with van der Waals surface area (Å²) in [5.41, 5.74) is 1.28. The number of nitrogens with one attached hydrogen (secondary N) is 2. The van der Waals surface area contributed by atoms with Gasteiger partial charge < -0.3 is 30.0 Å². The Hall–Kier alpha value is -4.96. The van der Waals surface area contributed by atoms with Gasteiger partial charge in [-0.2, -0.15) is 0 Å². The van der Waals surface area contributed by atoms with Crippen molar-refractivity contribution in [2.24, 2.45) is 0 Å². The number of phenols is 1. The monoisotopic (exact) mass is 584 g/mol. The Bertz CT molecular complexity index is 1720. The first kappa shape index (κ1) is 29.5. The molecule has 0 aromatic heterocycles. The molecule has 5 rings (SSSR count). The molecular formula is C33H32N2O8. The minimum Gasteiger partial charge on any atom is -0.508 e. The maximum atomic E-state index is 12.9. The van der Waals surface area contributed by atoms with Crippen molar-refractivity contribution in [3.63, 3.8) is 0 Å². The summed E-state index contributed by atoms with van der Waals surface area (Å²) in [7, 11) is 0. The van der Waals surface area contributed by atoms with E-state index in [4.69, 9.17) is 9.15 Å². The normalized spacial score (nSPS) is 15.9. The summed E-state index contributed by atoms with van der Waals surface area (Å²) < 4.78 is 11.6. The van der Waals surface area contributed by atoms with Crippen LogP contribution in [0.1, 0.15) is 52.8 Å². The molecule has 0 bridgehead atoms. The zero-order valence-corrected chi connectivity index (χ0v) is 23.4. The van der Waals surface area contributed by atoms with Gasteiger partial charge in [0.25, 0.3) is 5.91 Å². The van der Waals surface area contributed by atoms with Crippen LogP contribution in [0, 0.1) is 0 Å². The van der Waals surface area contributed by atoms with Crippen LogP contribution in [0.4, 0.5) is 0 Å². The highest BCUT2D eigenvalue weighted by atomic mass is 16.5. The lowest BCUT2D eigenvalue weighted by Gasteiger charge is -2.18. The van der Waals surface area contributed by atoms with Gasteiger partial charge in [-0.3, -0.25) is 14.4 Å². The number of allylic oxidation sites excluding steroid dienone is 2. The van der Waals surface area contributed by atoms with E-state index in [0.717, 1.165) is 32.1 Å². The highest BCUT2D eigenvalue weighted by Crippen LogP contribution is 2.42. The Morgan fingerprint density at radius 3 is 2.53 bits per heavy atom. The van der Waals surface area contributed by atoms with E-state index in [-0.39, 0.29) is 65.4 Å². The van der Waals surface area contributed by atoms with E-state index >= 15 is 0 Å². The van der Waals surface area contributed by atoms with Crippen molar-refractivity contribution in [2.45, 2.75) is 38.2 Å². The van der Waals surface area contributed by atoms with Gasteiger partial charge in [-0.15, -0.1) is 0 Å². The number of amides is 2. The standard InChI is InChI=1S/C33H32N2O8/c36-21-9-12-25-28(17-21)43-29-18-22(37)10-13-26(29)31(25)24-11-8-20(16-27(24)33(40)41)32(39)35-15-14-34-30(38)19-42-23-6-4-2-1-3-5-7-23/h1-2,8-13,16-18,23,36H,3-7,14-15,19H2,(H,34,38)(H,35,39)(H,40,41)/b2-1+. The Morgan fingerprint density at radius 1 is 0.907 bits per heavy atom. The number of carboxylic acids is 1. The number of benzene rings is 3. The van der Waals surface area contributed by atoms with E-state index in [1.54, 1.807) is 12.1 Å². The molecule has 2 aromatic carbocycles. The van der Waals surface area contributed by atoms with Gasteiger partial charge in [0, 0.05) is 47.3 Å². The van der Waals surface area contributed by atoms with Crippen LogP contribution in [0.2, 0.25) is 0 Å². The molecule has 1 unspecified atom stereocenters.